The molecule has 1 atom stereocenters. The van der Waals surface area contributed by atoms with Crippen LogP contribution in [-0.2, 0) is 0 Å². The molecule has 6 nitrogen and oxygen atoms in total. The molecule has 0 fully saturated rings. The first kappa shape index (κ1) is 24.7. The van der Waals surface area contributed by atoms with Crippen molar-refractivity contribution in [3.05, 3.63) is 95.2 Å². The number of halogens is 1. The van der Waals surface area contributed by atoms with Gasteiger partial charge in [0, 0.05) is 21.8 Å². The highest BCUT2D eigenvalue weighted by atomic mass is 35.5. The monoisotopic (exact) mass is 529 g/mol. The normalized spacial score (nSPS) is 11.9. The zero-order chi connectivity index (χ0) is 25.9. The Morgan fingerprint density at radius 1 is 1.00 bits per heavy atom. The lowest BCUT2D eigenvalue weighted by Gasteiger charge is -2.09. The number of rotatable bonds is 6. The van der Waals surface area contributed by atoms with Crippen molar-refractivity contribution in [1.29, 1.82) is 0 Å². The summed E-state index contributed by atoms with van der Waals surface area (Å²) in [6.07, 6.45) is 1.06. The molecule has 0 aliphatic heterocycles. The third-order valence-corrected chi connectivity index (χ3v) is 6.57. The van der Waals surface area contributed by atoms with E-state index in [-0.39, 0.29) is 10.9 Å². The summed E-state index contributed by atoms with van der Waals surface area (Å²) in [4.78, 5) is 17.3. The molecule has 0 aliphatic carbocycles. The van der Waals surface area contributed by atoms with Crippen molar-refractivity contribution in [3.63, 3.8) is 0 Å². The van der Waals surface area contributed by atoms with Gasteiger partial charge < -0.3 is 14.2 Å². The van der Waals surface area contributed by atoms with Crippen molar-refractivity contribution >= 4 is 51.6 Å². The second-order valence-corrected chi connectivity index (χ2v) is 9.56. The zero-order valence-corrected chi connectivity index (χ0v) is 21.8. The van der Waals surface area contributed by atoms with Crippen LogP contribution in [0.5, 0.6) is 0 Å². The summed E-state index contributed by atoms with van der Waals surface area (Å²) >= 11 is 11.4. The smallest absolute Gasteiger partial charge is 0.293 e. The SMILES string of the molecule is CC[C@H](C)c1ccc2oc(-c3cccc(NC(=S)NC(=O)c4ccc(-c5cccc(Cl)c5)o4)c3)nc2c1. The van der Waals surface area contributed by atoms with Crippen molar-refractivity contribution in [2.45, 2.75) is 26.2 Å². The highest BCUT2D eigenvalue weighted by Gasteiger charge is 2.15. The van der Waals surface area contributed by atoms with Crippen molar-refractivity contribution in [2.75, 3.05) is 5.32 Å². The first-order valence-electron chi connectivity index (χ1n) is 11.9. The van der Waals surface area contributed by atoms with Crippen molar-refractivity contribution in [1.82, 2.24) is 10.3 Å². The van der Waals surface area contributed by atoms with E-state index in [1.165, 1.54) is 5.56 Å². The van der Waals surface area contributed by atoms with Gasteiger partial charge in [-0.3, -0.25) is 10.1 Å². The standard InChI is InChI=1S/C29H24ClN3O3S/c1-3-17(2)18-10-11-25-23(16-18)32-28(36-25)20-7-5-9-22(15-20)31-29(37)33-27(34)26-13-12-24(35-26)19-6-4-8-21(30)14-19/h4-17H,3H2,1-2H3,(H2,31,33,34,37)/t17-/m0/s1. The van der Waals surface area contributed by atoms with E-state index in [4.69, 9.17) is 32.7 Å². The first-order valence-corrected chi connectivity index (χ1v) is 12.7. The van der Waals surface area contributed by atoms with Crippen LogP contribution in [-0.4, -0.2) is 16.0 Å². The van der Waals surface area contributed by atoms with Crippen LogP contribution in [0.2, 0.25) is 5.02 Å². The summed E-state index contributed by atoms with van der Waals surface area (Å²) < 4.78 is 11.7. The van der Waals surface area contributed by atoms with Gasteiger partial charge in [-0.2, -0.15) is 0 Å². The highest BCUT2D eigenvalue weighted by Crippen LogP contribution is 2.29. The average Bonchev–Trinajstić information content (AvgIpc) is 3.56. The lowest BCUT2D eigenvalue weighted by atomic mass is 9.98. The second-order valence-electron chi connectivity index (χ2n) is 8.72. The predicted octanol–water partition coefficient (Wildman–Crippen LogP) is 8.05. The molecule has 186 valence electrons. The highest BCUT2D eigenvalue weighted by molar-refractivity contribution is 7.80. The molecule has 2 aromatic heterocycles. The Morgan fingerprint density at radius 2 is 1.81 bits per heavy atom. The summed E-state index contributed by atoms with van der Waals surface area (Å²) in [6.45, 7) is 4.37. The number of oxazole rings is 1. The largest absolute Gasteiger partial charge is 0.451 e. The number of hydrogen-bond donors (Lipinski definition) is 2. The van der Waals surface area contributed by atoms with E-state index in [1.54, 1.807) is 24.3 Å². The van der Waals surface area contributed by atoms with Gasteiger partial charge >= 0.3 is 0 Å². The number of furan rings is 1. The predicted molar refractivity (Wildman–Crippen MR) is 151 cm³/mol. The minimum absolute atomic E-state index is 0.135. The number of amides is 1. The molecule has 0 radical (unpaired) electrons. The van der Waals surface area contributed by atoms with E-state index in [2.05, 4.69) is 41.6 Å². The molecule has 0 aliphatic rings. The Balaban J connectivity index is 1.27. The minimum Gasteiger partial charge on any atom is -0.451 e. The Bertz CT molecular complexity index is 1610. The van der Waals surface area contributed by atoms with Gasteiger partial charge in [0.25, 0.3) is 5.91 Å². The minimum atomic E-state index is -0.460. The average molecular weight is 530 g/mol. The van der Waals surface area contributed by atoms with Gasteiger partial charge in [-0.15, -0.1) is 0 Å². The zero-order valence-electron chi connectivity index (χ0n) is 20.2. The maximum absolute atomic E-state index is 12.7. The maximum Gasteiger partial charge on any atom is 0.293 e. The van der Waals surface area contributed by atoms with Gasteiger partial charge in [-0.05, 0) is 84.7 Å². The number of nitrogens with zero attached hydrogens (tertiary/aromatic N) is 1. The Labute approximate surface area is 224 Å². The van der Waals surface area contributed by atoms with Gasteiger partial charge in [-0.1, -0.05) is 49.7 Å². The second kappa shape index (κ2) is 10.6. The van der Waals surface area contributed by atoms with Crippen molar-refractivity contribution < 1.29 is 13.6 Å². The van der Waals surface area contributed by atoms with E-state index in [1.807, 2.05) is 42.5 Å². The van der Waals surface area contributed by atoms with Crippen LogP contribution in [0, 0.1) is 0 Å². The Hall–Kier alpha value is -3.94. The number of fused-ring (bicyclic) bond motifs is 1. The summed E-state index contributed by atoms with van der Waals surface area (Å²) in [5, 5.41) is 6.40. The number of carbonyl (C=O) groups is 1. The molecule has 37 heavy (non-hydrogen) atoms. The quantitative estimate of drug-likeness (QED) is 0.217. The van der Waals surface area contributed by atoms with Crippen LogP contribution in [0.4, 0.5) is 5.69 Å². The van der Waals surface area contributed by atoms with Crippen LogP contribution in [0.15, 0.2) is 87.7 Å². The number of benzene rings is 3. The summed E-state index contributed by atoms with van der Waals surface area (Å²) in [7, 11) is 0. The third-order valence-electron chi connectivity index (χ3n) is 6.13. The van der Waals surface area contributed by atoms with E-state index in [0.29, 0.717) is 28.3 Å². The van der Waals surface area contributed by atoms with Crippen LogP contribution >= 0.6 is 23.8 Å². The molecule has 0 saturated heterocycles. The fourth-order valence-electron chi connectivity index (χ4n) is 3.92. The molecule has 2 heterocycles. The fourth-order valence-corrected chi connectivity index (χ4v) is 4.32. The first-order chi connectivity index (χ1) is 17.9. The lowest BCUT2D eigenvalue weighted by Crippen LogP contribution is -2.33. The molecule has 3 aromatic carbocycles. The van der Waals surface area contributed by atoms with Gasteiger partial charge in [0.05, 0.1) is 0 Å². The topological polar surface area (TPSA) is 80.3 Å². The van der Waals surface area contributed by atoms with Crippen molar-refractivity contribution in [3.8, 4) is 22.8 Å². The maximum atomic E-state index is 12.7. The molecule has 0 spiro atoms. The van der Waals surface area contributed by atoms with E-state index < -0.39 is 5.91 Å². The third kappa shape index (κ3) is 5.58. The number of carbonyl (C=O) groups excluding carboxylic acids is 1. The van der Waals surface area contributed by atoms with Gasteiger partial charge in [0.1, 0.15) is 11.3 Å². The van der Waals surface area contributed by atoms with Crippen LogP contribution in [0.3, 0.4) is 0 Å². The number of thiocarbonyl (C=S) groups is 1. The fraction of sp³-hybridized carbons (Fsp3) is 0.138. The van der Waals surface area contributed by atoms with Crippen molar-refractivity contribution in [2.24, 2.45) is 0 Å². The molecule has 5 rings (SSSR count). The molecule has 1 amide bonds. The van der Waals surface area contributed by atoms with E-state index >= 15 is 0 Å². The molecular formula is C29H24ClN3O3S. The Morgan fingerprint density at radius 3 is 2.62 bits per heavy atom. The van der Waals surface area contributed by atoms with Crippen LogP contribution in [0.25, 0.3) is 33.9 Å². The molecule has 0 saturated carbocycles. The summed E-state index contributed by atoms with van der Waals surface area (Å²) in [5.74, 6) is 1.18. The van der Waals surface area contributed by atoms with Crippen LogP contribution < -0.4 is 10.6 Å². The van der Waals surface area contributed by atoms with Gasteiger partial charge in [0.15, 0.2) is 16.5 Å². The lowest BCUT2D eigenvalue weighted by molar-refractivity contribution is 0.0951. The van der Waals surface area contributed by atoms with E-state index in [9.17, 15) is 4.79 Å². The molecule has 0 unspecified atom stereocenters. The summed E-state index contributed by atoms with van der Waals surface area (Å²) in [6, 6.07) is 24.1. The van der Waals surface area contributed by atoms with Gasteiger partial charge in [0.2, 0.25) is 5.89 Å². The number of hydrogen-bond acceptors (Lipinski definition) is 5. The molecular weight excluding hydrogens is 506 g/mol. The molecule has 2 N–H and O–H groups in total. The van der Waals surface area contributed by atoms with E-state index in [0.717, 1.165) is 28.6 Å². The number of anilines is 1. The summed E-state index contributed by atoms with van der Waals surface area (Å²) in [5.41, 5.74) is 5.05. The number of aromatic nitrogens is 1. The molecule has 0 bridgehead atoms. The van der Waals surface area contributed by atoms with Gasteiger partial charge in [-0.25, -0.2) is 4.98 Å². The molecule has 5 aromatic rings. The molecule has 8 heteroatoms. The Kier molecular flexibility index (Phi) is 7.08. The van der Waals surface area contributed by atoms with Crippen LogP contribution in [0.1, 0.15) is 42.3 Å². The number of nitrogens with one attached hydrogen (secondary N) is 2.